The molecule has 0 spiro atoms. The zero-order valence-corrected chi connectivity index (χ0v) is 8.08. The van der Waals surface area contributed by atoms with Crippen molar-refractivity contribution in [1.82, 2.24) is 4.98 Å². The lowest BCUT2D eigenvalue weighted by Crippen LogP contribution is -2.27. The largest absolute Gasteiger partial charge is 0.443 e. The van der Waals surface area contributed by atoms with Gasteiger partial charge in [0.1, 0.15) is 0 Å². The van der Waals surface area contributed by atoms with Gasteiger partial charge in [-0.1, -0.05) is 0 Å². The third-order valence-electron chi connectivity index (χ3n) is 2.22. The van der Waals surface area contributed by atoms with Gasteiger partial charge in [-0.15, -0.1) is 11.3 Å². The first-order chi connectivity index (χ1) is 6.47. The molecule has 6 heteroatoms. The standard InChI is InChI=1S/C8H9F3N2S/c9-8(10,11)7-13-5-2-1-4(12)3-6(5)14-7/h4H,1-3,12H2. The third-order valence-corrected chi connectivity index (χ3v) is 3.39. The number of hydrogen-bond donors (Lipinski definition) is 1. The zero-order valence-electron chi connectivity index (χ0n) is 7.27. The maximum atomic E-state index is 12.3. The van der Waals surface area contributed by atoms with E-state index in [1.807, 2.05) is 0 Å². The molecule has 1 aliphatic carbocycles. The molecular weight excluding hydrogens is 213 g/mol. The summed E-state index contributed by atoms with van der Waals surface area (Å²) in [5.41, 5.74) is 6.25. The lowest BCUT2D eigenvalue weighted by atomic mass is 9.99. The first-order valence-electron chi connectivity index (χ1n) is 4.28. The van der Waals surface area contributed by atoms with E-state index in [1.165, 1.54) is 0 Å². The predicted octanol–water partition coefficient (Wildman–Crippen LogP) is 1.98. The Hall–Kier alpha value is -0.620. The van der Waals surface area contributed by atoms with Gasteiger partial charge in [-0.2, -0.15) is 13.2 Å². The number of halogens is 3. The predicted molar refractivity (Wildman–Crippen MR) is 47.1 cm³/mol. The maximum absolute atomic E-state index is 12.3. The Morgan fingerprint density at radius 2 is 2.14 bits per heavy atom. The van der Waals surface area contributed by atoms with Gasteiger partial charge in [0.05, 0.1) is 5.69 Å². The summed E-state index contributed by atoms with van der Waals surface area (Å²) in [6.45, 7) is 0. The van der Waals surface area contributed by atoms with Crippen LogP contribution in [0.4, 0.5) is 13.2 Å². The van der Waals surface area contributed by atoms with Crippen LogP contribution in [0.15, 0.2) is 0 Å². The number of rotatable bonds is 0. The van der Waals surface area contributed by atoms with Crippen LogP contribution in [0.3, 0.4) is 0 Å². The SMILES string of the molecule is NC1CCc2nc(C(F)(F)F)sc2C1. The quantitative estimate of drug-likeness (QED) is 0.729. The van der Waals surface area contributed by atoms with Gasteiger partial charge in [0.15, 0.2) is 5.01 Å². The van der Waals surface area contributed by atoms with Crippen LogP contribution in [0.1, 0.15) is 22.0 Å². The Kier molecular flexibility index (Phi) is 2.27. The van der Waals surface area contributed by atoms with Crippen LogP contribution in [-0.2, 0) is 19.0 Å². The second-order valence-corrected chi connectivity index (χ2v) is 4.47. The van der Waals surface area contributed by atoms with Gasteiger partial charge in [-0.3, -0.25) is 0 Å². The molecule has 0 fully saturated rings. The minimum Gasteiger partial charge on any atom is -0.327 e. The molecule has 1 heterocycles. The topological polar surface area (TPSA) is 38.9 Å². The van der Waals surface area contributed by atoms with Gasteiger partial charge in [0.25, 0.3) is 0 Å². The van der Waals surface area contributed by atoms with E-state index >= 15 is 0 Å². The lowest BCUT2D eigenvalue weighted by molar-refractivity contribution is -0.137. The second-order valence-electron chi connectivity index (χ2n) is 3.39. The average Bonchev–Trinajstić information content (AvgIpc) is 2.45. The first kappa shape index (κ1) is 9.92. The third kappa shape index (κ3) is 1.76. The Bertz CT molecular complexity index is 345. The highest BCUT2D eigenvalue weighted by molar-refractivity contribution is 7.11. The van der Waals surface area contributed by atoms with Crippen LogP contribution in [0.2, 0.25) is 0 Å². The number of aromatic nitrogens is 1. The summed E-state index contributed by atoms with van der Waals surface area (Å²) < 4.78 is 36.9. The monoisotopic (exact) mass is 222 g/mol. The van der Waals surface area contributed by atoms with Crippen LogP contribution in [-0.4, -0.2) is 11.0 Å². The number of thiazole rings is 1. The molecule has 2 N–H and O–H groups in total. The molecule has 0 amide bonds. The van der Waals surface area contributed by atoms with Crippen molar-refractivity contribution in [3.8, 4) is 0 Å². The Morgan fingerprint density at radius 1 is 1.43 bits per heavy atom. The minimum absolute atomic E-state index is 0.0102. The molecule has 0 bridgehead atoms. The zero-order chi connectivity index (χ0) is 10.3. The van der Waals surface area contributed by atoms with E-state index in [4.69, 9.17) is 5.73 Å². The fourth-order valence-electron chi connectivity index (χ4n) is 1.52. The first-order valence-corrected chi connectivity index (χ1v) is 5.10. The van der Waals surface area contributed by atoms with Gasteiger partial charge in [-0.25, -0.2) is 4.98 Å². The molecule has 0 saturated heterocycles. The number of aryl methyl sites for hydroxylation is 1. The minimum atomic E-state index is -4.31. The fourth-order valence-corrected chi connectivity index (χ4v) is 2.59. The van der Waals surface area contributed by atoms with E-state index in [1.54, 1.807) is 0 Å². The van der Waals surface area contributed by atoms with Crippen molar-refractivity contribution in [1.29, 1.82) is 0 Å². The normalized spacial score (nSPS) is 22.1. The number of nitrogens with two attached hydrogens (primary N) is 1. The second kappa shape index (κ2) is 3.20. The van der Waals surface area contributed by atoms with Gasteiger partial charge in [0.2, 0.25) is 0 Å². The molecule has 0 saturated carbocycles. The highest BCUT2D eigenvalue weighted by Crippen LogP contribution is 2.36. The molecule has 2 nitrogen and oxygen atoms in total. The van der Waals surface area contributed by atoms with Crippen molar-refractivity contribution in [2.45, 2.75) is 31.5 Å². The van der Waals surface area contributed by atoms with Crippen molar-refractivity contribution in [3.63, 3.8) is 0 Å². The molecule has 0 aliphatic heterocycles. The molecule has 1 aromatic heterocycles. The Morgan fingerprint density at radius 3 is 2.79 bits per heavy atom. The van der Waals surface area contributed by atoms with Gasteiger partial charge < -0.3 is 5.73 Å². The highest BCUT2D eigenvalue weighted by Gasteiger charge is 2.36. The van der Waals surface area contributed by atoms with Crippen LogP contribution in [0, 0.1) is 0 Å². The molecule has 1 aromatic rings. The molecule has 78 valence electrons. The van der Waals surface area contributed by atoms with E-state index in [0.29, 0.717) is 23.4 Å². The molecule has 1 aliphatic rings. The van der Waals surface area contributed by atoms with E-state index in [0.717, 1.165) is 17.8 Å². The molecule has 0 aromatic carbocycles. The van der Waals surface area contributed by atoms with Crippen molar-refractivity contribution in [2.24, 2.45) is 5.73 Å². The number of fused-ring (bicyclic) bond motifs is 1. The molecule has 0 radical (unpaired) electrons. The van der Waals surface area contributed by atoms with E-state index in [9.17, 15) is 13.2 Å². The number of hydrogen-bond acceptors (Lipinski definition) is 3. The summed E-state index contributed by atoms with van der Waals surface area (Å²) >= 11 is 0.730. The average molecular weight is 222 g/mol. The Balaban J connectivity index is 2.32. The van der Waals surface area contributed by atoms with Crippen LogP contribution in [0.5, 0.6) is 0 Å². The van der Waals surface area contributed by atoms with Crippen molar-refractivity contribution < 1.29 is 13.2 Å². The molecule has 1 atom stereocenters. The van der Waals surface area contributed by atoms with Crippen molar-refractivity contribution >= 4 is 11.3 Å². The molecular formula is C8H9F3N2S. The van der Waals surface area contributed by atoms with Gasteiger partial charge in [0, 0.05) is 10.9 Å². The van der Waals surface area contributed by atoms with Crippen LogP contribution < -0.4 is 5.73 Å². The van der Waals surface area contributed by atoms with Gasteiger partial charge >= 0.3 is 6.18 Å². The fraction of sp³-hybridized carbons (Fsp3) is 0.625. The van der Waals surface area contributed by atoms with E-state index in [-0.39, 0.29) is 6.04 Å². The molecule has 2 rings (SSSR count). The number of alkyl halides is 3. The lowest BCUT2D eigenvalue weighted by Gasteiger charge is -2.15. The maximum Gasteiger partial charge on any atom is 0.443 e. The summed E-state index contributed by atoms with van der Waals surface area (Å²) in [7, 11) is 0. The molecule has 14 heavy (non-hydrogen) atoms. The summed E-state index contributed by atoms with van der Waals surface area (Å²) in [5.74, 6) is 0. The summed E-state index contributed by atoms with van der Waals surface area (Å²) in [6, 6.07) is -0.0102. The van der Waals surface area contributed by atoms with E-state index in [2.05, 4.69) is 4.98 Å². The van der Waals surface area contributed by atoms with Crippen LogP contribution in [0.25, 0.3) is 0 Å². The van der Waals surface area contributed by atoms with Crippen molar-refractivity contribution in [2.75, 3.05) is 0 Å². The highest BCUT2D eigenvalue weighted by atomic mass is 32.1. The van der Waals surface area contributed by atoms with Crippen molar-refractivity contribution in [3.05, 3.63) is 15.6 Å². The smallest absolute Gasteiger partial charge is 0.327 e. The Labute approximate surface area is 82.9 Å². The number of nitrogens with zero attached hydrogens (tertiary/aromatic N) is 1. The van der Waals surface area contributed by atoms with Crippen LogP contribution >= 0.6 is 11.3 Å². The summed E-state index contributed by atoms with van der Waals surface area (Å²) in [5, 5.41) is -0.739. The summed E-state index contributed by atoms with van der Waals surface area (Å²) in [4.78, 5) is 4.30. The van der Waals surface area contributed by atoms with E-state index < -0.39 is 11.2 Å². The molecule has 1 unspecified atom stereocenters. The van der Waals surface area contributed by atoms with Gasteiger partial charge in [-0.05, 0) is 19.3 Å². The summed E-state index contributed by atoms with van der Waals surface area (Å²) in [6.07, 6.45) is -2.48.